The van der Waals surface area contributed by atoms with Crippen molar-refractivity contribution in [3.63, 3.8) is 0 Å². The van der Waals surface area contributed by atoms with E-state index in [4.69, 9.17) is 4.74 Å². The van der Waals surface area contributed by atoms with Crippen LogP contribution >= 0.6 is 0 Å². The Labute approximate surface area is 106 Å². The molecule has 0 N–H and O–H groups in total. The summed E-state index contributed by atoms with van der Waals surface area (Å²) >= 11 is 0. The van der Waals surface area contributed by atoms with Crippen molar-refractivity contribution in [2.45, 2.75) is 25.4 Å². The van der Waals surface area contributed by atoms with Gasteiger partial charge in [-0.2, -0.15) is 0 Å². The molecule has 1 saturated heterocycles. The Morgan fingerprint density at radius 3 is 2.89 bits per heavy atom. The average Bonchev–Trinajstić information content (AvgIpc) is 2.98. The summed E-state index contributed by atoms with van der Waals surface area (Å²) < 4.78 is 5.54. The molecule has 2 heterocycles. The second kappa shape index (κ2) is 4.53. The monoisotopic (exact) mass is 245 g/mol. The number of rotatable bonds is 3. The van der Waals surface area contributed by atoms with Crippen LogP contribution in [0.4, 0.5) is 5.69 Å². The Balaban J connectivity index is 1.75. The lowest BCUT2D eigenvalue weighted by Crippen LogP contribution is -2.32. The molecule has 0 spiro atoms. The van der Waals surface area contributed by atoms with Crippen LogP contribution < -0.4 is 4.90 Å². The van der Waals surface area contributed by atoms with E-state index in [1.165, 1.54) is 0 Å². The average molecular weight is 245 g/mol. The van der Waals surface area contributed by atoms with E-state index >= 15 is 0 Å². The van der Waals surface area contributed by atoms with E-state index in [9.17, 15) is 9.59 Å². The van der Waals surface area contributed by atoms with E-state index in [-0.39, 0.29) is 6.10 Å². The van der Waals surface area contributed by atoms with E-state index < -0.39 is 11.7 Å². The van der Waals surface area contributed by atoms with Crippen LogP contribution in [0, 0.1) is 0 Å². The molecular weight excluding hydrogens is 230 g/mol. The number of para-hydroxylation sites is 1. The summed E-state index contributed by atoms with van der Waals surface area (Å²) in [6.07, 6.45) is 3.18. The first-order valence-corrected chi connectivity index (χ1v) is 6.34. The number of benzene rings is 1. The van der Waals surface area contributed by atoms with Crippen LogP contribution in [0.3, 0.4) is 0 Å². The number of ether oxygens (including phenoxy) is 1. The third-order valence-corrected chi connectivity index (χ3v) is 3.58. The van der Waals surface area contributed by atoms with Gasteiger partial charge < -0.3 is 9.64 Å². The van der Waals surface area contributed by atoms with Crippen molar-refractivity contribution in [3.8, 4) is 0 Å². The highest BCUT2D eigenvalue weighted by Gasteiger charge is 2.35. The third kappa shape index (κ3) is 1.82. The standard InChI is InChI=1S/C14H15NO3/c16-13-11-5-1-2-6-12(11)15(14(13)17)8-7-10-4-3-9-18-10/h1-2,5-6,10H,3-4,7-9H2. The van der Waals surface area contributed by atoms with Gasteiger partial charge in [0.25, 0.3) is 11.7 Å². The van der Waals surface area contributed by atoms with Crippen LogP contribution in [0.5, 0.6) is 0 Å². The van der Waals surface area contributed by atoms with Gasteiger partial charge in [-0.05, 0) is 31.4 Å². The van der Waals surface area contributed by atoms with Crippen LogP contribution in [0.15, 0.2) is 24.3 Å². The van der Waals surface area contributed by atoms with Crippen molar-refractivity contribution in [1.29, 1.82) is 0 Å². The number of hydrogen-bond donors (Lipinski definition) is 0. The second-order valence-electron chi connectivity index (χ2n) is 4.73. The highest BCUT2D eigenvalue weighted by atomic mass is 16.5. The van der Waals surface area contributed by atoms with Gasteiger partial charge in [0, 0.05) is 13.2 Å². The molecule has 0 aliphatic carbocycles. The number of amides is 1. The van der Waals surface area contributed by atoms with Gasteiger partial charge in [-0.15, -0.1) is 0 Å². The Morgan fingerprint density at radius 1 is 1.28 bits per heavy atom. The fraction of sp³-hybridized carbons (Fsp3) is 0.429. The largest absolute Gasteiger partial charge is 0.378 e. The fourth-order valence-electron chi connectivity index (χ4n) is 2.62. The summed E-state index contributed by atoms with van der Waals surface area (Å²) in [6, 6.07) is 7.17. The van der Waals surface area contributed by atoms with E-state index in [1.807, 2.05) is 12.1 Å². The molecule has 4 nitrogen and oxygen atoms in total. The Hall–Kier alpha value is -1.68. The molecule has 0 saturated carbocycles. The zero-order chi connectivity index (χ0) is 12.5. The van der Waals surface area contributed by atoms with Crippen molar-refractivity contribution >= 4 is 17.4 Å². The first-order valence-electron chi connectivity index (χ1n) is 6.34. The highest BCUT2D eigenvalue weighted by molar-refractivity contribution is 6.52. The molecule has 1 fully saturated rings. The predicted molar refractivity (Wildman–Crippen MR) is 66.7 cm³/mol. The van der Waals surface area contributed by atoms with Crippen molar-refractivity contribution in [2.24, 2.45) is 0 Å². The molecule has 1 aromatic carbocycles. The van der Waals surface area contributed by atoms with Gasteiger partial charge in [0.2, 0.25) is 0 Å². The quantitative estimate of drug-likeness (QED) is 0.763. The minimum Gasteiger partial charge on any atom is -0.378 e. The van der Waals surface area contributed by atoms with Crippen LogP contribution in [-0.4, -0.2) is 30.9 Å². The topological polar surface area (TPSA) is 46.6 Å². The predicted octanol–water partition coefficient (Wildman–Crippen LogP) is 1.78. The number of ketones is 1. The highest BCUT2D eigenvalue weighted by Crippen LogP contribution is 2.29. The third-order valence-electron chi connectivity index (χ3n) is 3.58. The number of carbonyl (C=O) groups is 2. The summed E-state index contributed by atoms with van der Waals surface area (Å²) in [5.74, 6) is -0.799. The Kier molecular flexibility index (Phi) is 2.88. The minimum atomic E-state index is -0.408. The molecule has 0 radical (unpaired) electrons. The molecule has 94 valence electrons. The molecule has 3 rings (SSSR count). The van der Waals surface area contributed by atoms with Crippen molar-refractivity contribution in [3.05, 3.63) is 29.8 Å². The van der Waals surface area contributed by atoms with Crippen LogP contribution in [0.1, 0.15) is 29.6 Å². The second-order valence-corrected chi connectivity index (χ2v) is 4.73. The molecule has 1 amide bonds. The molecule has 2 aliphatic rings. The van der Waals surface area contributed by atoms with E-state index in [2.05, 4.69) is 0 Å². The lowest BCUT2D eigenvalue weighted by atomic mass is 10.1. The summed E-state index contributed by atoms with van der Waals surface area (Å²) in [5, 5.41) is 0. The lowest BCUT2D eigenvalue weighted by Gasteiger charge is -2.18. The van der Waals surface area contributed by atoms with Gasteiger partial charge in [-0.25, -0.2) is 0 Å². The SMILES string of the molecule is O=C1C(=O)N(CCC2CCCO2)c2ccccc21. The first-order chi connectivity index (χ1) is 8.77. The summed E-state index contributed by atoms with van der Waals surface area (Å²) in [5.41, 5.74) is 1.26. The number of fused-ring (bicyclic) bond motifs is 1. The number of hydrogen-bond acceptors (Lipinski definition) is 3. The number of carbonyl (C=O) groups excluding carboxylic acids is 2. The lowest BCUT2D eigenvalue weighted by molar-refractivity contribution is -0.114. The van der Waals surface area contributed by atoms with E-state index in [1.54, 1.807) is 17.0 Å². The van der Waals surface area contributed by atoms with Gasteiger partial charge >= 0.3 is 0 Å². The smallest absolute Gasteiger partial charge is 0.299 e. The van der Waals surface area contributed by atoms with Gasteiger partial charge in [-0.1, -0.05) is 12.1 Å². The fourth-order valence-corrected chi connectivity index (χ4v) is 2.62. The minimum absolute atomic E-state index is 0.237. The summed E-state index contributed by atoms with van der Waals surface area (Å²) in [7, 11) is 0. The van der Waals surface area contributed by atoms with Crippen molar-refractivity contribution in [2.75, 3.05) is 18.1 Å². The molecule has 2 aliphatic heterocycles. The normalized spacial score (nSPS) is 22.7. The number of Topliss-reactive ketones (excluding diaryl/α,β-unsaturated/α-hetero) is 1. The first kappa shape index (κ1) is 11.4. The maximum absolute atomic E-state index is 11.9. The van der Waals surface area contributed by atoms with Crippen LogP contribution in [-0.2, 0) is 9.53 Å². The van der Waals surface area contributed by atoms with Gasteiger partial charge in [0.15, 0.2) is 0 Å². The van der Waals surface area contributed by atoms with E-state index in [0.717, 1.165) is 31.6 Å². The van der Waals surface area contributed by atoms with Gasteiger partial charge in [0.05, 0.1) is 17.4 Å². The molecule has 0 aromatic heterocycles. The van der Waals surface area contributed by atoms with Crippen LogP contribution in [0.25, 0.3) is 0 Å². The zero-order valence-corrected chi connectivity index (χ0v) is 10.1. The maximum Gasteiger partial charge on any atom is 0.299 e. The number of nitrogens with zero attached hydrogens (tertiary/aromatic N) is 1. The van der Waals surface area contributed by atoms with E-state index in [0.29, 0.717) is 12.1 Å². The molecule has 18 heavy (non-hydrogen) atoms. The molecule has 4 heteroatoms. The Bertz CT molecular complexity index is 492. The van der Waals surface area contributed by atoms with Gasteiger partial charge in [-0.3, -0.25) is 9.59 Å². The van der Waals surface area contributed by atoms with Crippen LogP contribution in [0.2, 0.25) is 0 Å². The Morgan fingerprint density at radius 2 is 2.11 bits per heavy atom. The zero-order valence-electron chi connectivity index (χ0n) is 10.1. The molecular formula is C14H15NO3. The summed E-state index contributed by atoms with van der Waals surface area (Å²) in [4.78, 5) is 25.3. The van der Waals surface area contributed by atoms with Crippen molar-refractivity contribution < 1.29 is 14.3 Å². The van der Waals surface area contributed by atoms with Gasteiger partial charge in [0.1, 0.15) is 0 Å². The van der Waals surface area contributed by atoms with Crippen molar-refractivity contribution in [1.82, 2.24) is 0 Å². The molecule has 0 bridgehead atoms. The summed E-state index contributed by atoms with van der Waals surface area (Å²) in [6.45, 7) is 1.38. The molecule has 1 atom stereocenters. The number of anilines is 1. The molecule has 1 unspecified atom stereocenters. The maximum atomic E-state index is 11.9. The molecule has 1 aromatic rings.